The fraction of sp³-hybridized carbons (Fsp3) is 0.438. The van der Waals surface area contributed by atoms with E-state index < -0.39 is 14.9 Å². The first-order valence-electron chi connectivity index (χ1n) is 8.18. The van der Waals surface area contributed by atoms with Gasteiger partial charge in [0, 0.05) is 18.3 Å². The summed E-state index contributed by atoms with van der Waals surface area (Å²) in [6.45, 7) is 0.423. The molecule has 1 heterocycles. The lowest BCUT2D eigenvalue weighted by Gasteiger charge is -2.31. The number of pyridine rings is 1. The largest absolute Gasteiger partial charge is 0.330 e. The second kappa shape index (κ2) is 7.03. The minimum atomic E-state index is -3.86. The van der Waals surface area contributed by atoms with Gasteiger partial charge in [-0.15, -0.1) is 0 Å². The average molecular weight is 364 g/mol. The molecule has 1 saturated carbocycles. The van der Waals surface area contributed by atoms with E-state index in [1.165, 1.54) is 24.4 Å². The number of sulfonamides is 1. The minimum Gasteiger partial charge on any atom is -0.330 e. The number of benzene rings is 1. The highest BCUT2D eigenvalue weighted by atomic mass is 32.2. The Morgan fingerprint density at radius 1 is 1.28 bits per heavy atom. The Morgan fingerprint density at radius 3 is 2.76 bits per heavy atom. The summed E-state index contributed by atoms with van der Waals surface area (Å²) in [4.78, 5) is 14.7. The van der Waals surface area contributed by atoms with Crippen LogP contribution in [0.4, 0.5) is 5.69 Å². The molecule has 0 saturated heterocycles. The van der Waals surface area contributed by atoms with Crippen LogP contribution in [0.2, 0.25) is 0 Å². The van der Waals surface area contributed by atoms with Crippen LogP contribution in [0, 0.1) is 16.0 Å². The van der Waals surface area contributed by atoms with E-state index in [1.54, 1.807) is 6.07 Å². The number of nitro benzene ring substituents is 1. The molecular formula is C16H20N4O4S. The number of nitrogens with zero attached hydrogens (tertiary/aromatic N) is 2. The molecule has 2 aromatic rings. The lowest BCUT2D eigenvalue weighted by Crippen LogP contribution is -2.44. The lowest BCUT2D eigenvalue weighted by molar-refractivity contribution is -0.383. The zero-order chi connectivity index (χ0) is 18.0. The van der Waals surface area contributed by atoms with Crippen LogP contribution in [0.1, 0.15) is 25.7 Å². The van der Waals surface area contributed by atoms with Crippen molar-refractivity contribution in [2.45, 2.75) is 36.6 Å². The van der Waals surface area contributed by atoms with Crippen molar-refractivity contribution in [3.8, 4) is 0 Å². The van der Waals surface area contributed by atoms with E-state index in [2.05, 4.69) is 9.71 Å². The first-order valence-corrected chi connectivity index (χ1v) is 9.67. The van der Waals surface area contributed by atoms with E-state index in [0.717, 1.165) is 25.7 Å². The Balaban J connectivity index is 2.03. The summed E-state index contributed by atoms with van der Waals surface area (Å²) in [5, 5.41) is 11.4. The summed E-state index contributed by atoms with van der Waals surface area (Å²) in [6.07, 6.45) is 5.04. The van der Waals surface area contributed by atoms with Crippen LogP contribution in [0.3, 0.4) is 0 Å². The van der Waals surface area contributed by atoms with Gasteiger partial charge in [-0.1, -0.05) is 12.8 Å². The number of aromatic nitrogens is 1. The van der Waals surface area contributed by atoms with Crippen molar-refractivity contribution in [3.63, 3.8) is 0 Å². The van der Waals surface area contributed by atoms with Gasteiger partial charge in [0.25, 0.3) is 5.69 Å². The number of hydrogen-bond donors (Lipinski definition) is 2. The van der Waals surface area contributed by atoms with Gasteiger partial charge in [0.2, 0.25) is 10.0 Å². The summed E-state index contributed by atoms with van der Waals surface area (Å²) < 4.78 is 28.5. The fourth-order valence-electron chi connectivity index (χ4n) is 3.42. The molecule has 1 aliphatic rings. The monoisotopic (exact) mass is 364 g/mol. The normalized spacial score (nSPS) is 21.3. The summed E-state index contributed by atoms with van der Waals surface area (Å²) in [7, 11) is -3.86. The quantitative estimate of drug-likeness (QED) is 0.616. The van der Waals surface area contributed by atoms with E-state index >= 15 is 0 Å². The zero-order valence-corrected chi connectivity index (χ0v) is 14.4. The molecular weight excluding hydrogens is 344 g/mol. The molecule has 2 unspecified atom stereocenters. The molecule has 1 fully saturated rings. The van der Waals surface area contributed by atoms with Crippen LogP contribution in [0.15, 0.2) is 35.4 Å². The molecule has 0 amide bonds. The number of rotatable bonds is 5. The van der Waals surface area contributed by atoms with Crippen LogP contribution in [0.25, 0.3) is 10.9 Å². The Kier molecular flexibility index (Phi) is 4.98. The van der Waals surface area contributed by atoms with Gasteiger partial charge in [-0.05, 0) is 43.5 Å². The van der Waals surface area contributed by atoms with Crippen LogP contribution in [-0.4, -0.2) is 30.9 Å². The van der Waals surface area contributed by atoms with Crippen molar-refractivity contribution in [3.05, 3.63) is 40.6 Å². The minimum absolute atomic E-state index is 0.0463. The smallest absolute Gasteiger partial charge is 0.278 e. The van der Waals surface area contributed by atoms with E-state index in [0.29, 0.717) is 6.54 Å². The van der Waals surface area contributed by atoms with Crippen LogP contribution in [0.5, 0.6) is 0 Å². The second-order valence-electron chi connectivity index (χ2n) is 6.25. The molecule has 0 bridgehead atoms. The van der Waals surface area contributed by atoms with Crippen LogP contribution in [-0.2, 0) is 10.0 Å². The van der Waals surface area contributed by atoms with Crippen molar-refractivity contribution in [1.82, 2.24) is 9.71 Å². The van der Waals surface area contributed by atoms with Gasteiger partial charge in [-0.3, -0.25) is 15.1 Å². The van der Waals surface area contributed by atoms with Gasteiger partial charge in [-0.2, -0.15) is 0 Å². The van der Waals surface area contributed by atoms with Gasteiger partial charge < -0.3 is 5.73 Å². The van der Waals surface area contributed by atoms with Gasteiger partial charge >= 0.3 is 0 Å². The van der Waals surface area contributed by atoms with Crippen molar-refractivity contribution >= 4 is 26.6 Å². The number of nitro groups is 1. The summed E-state index contributed by atoms with van der Waals surface area (Å²) in [5.41, 5.74) is 5.71. The molecule has 9 heteroatoms. The average Bonchev–Trinajstić information content (AvgIpc) is 2.60. The van der Waals surface area contributed by atoms with Crippen LogP contribution < -0.4 is 10.5 Å². The van der Waals surface area contributed by atoms with Crippen molar-refractivity contribution < 1.29 is 13.3 Å². The number of nitrogens with one attached hydrogen (secondary N) is 1. The van der Waals surface area contributed by atoms with Gasteiger partial charge in [0.15, 0.2) is 0 Å². The molecule has 3 rings (SSSR count). The molecule has 1 aromatic heterocycles. The first-order chi connectivity index (χ1) is 11.9. The predicted octanol–water partition coefficient (Wildman–Crippen LogP) is 1.94. The number of fused-ring (bicyclic) bond motifs is 1. The Labute approximate surface area is 145 Å². The molecule has 0 aliphatic heterocycles. The summed E-state index contributed by atoms with van der Waals surface area (Å²) >= 11 is 0. The van der Waals surface area contributed by atoms with Crippen molar-refractivity contribution in [1.29, 1.82) is 0 Å². The number of non-ortho nitro benzene ring substituents is 1. The fourth-order valence-corrected chi connectivity index (χ4v) is 4.92. The maximum Gasteiger partial charge on any atom is 0.278 e. The molecule has 1 aromatic carbocycles. The van der Waals surface area contributed by atoms with Crippen molar-refractivity contribution in [2.75, 3.05) is 6.54 Å². The predicted molar refractivity (Wildman–Crippen MR) is 93.5 cm³/mol. The van der Waals surface area contributed by atoms with E-state index in [9.17, 15) is 18.5 Å². The first kappa shape index (κ1) is 17.7. The van der Waals surface area contributed by atoms with Gasteiger partial charge in [0.1, 0.15) is 4.90 Å². The molecule has 8 nitrogen and oxygen atoms in total. The molecule has 25 heavy (non-hydrogen) atoms. The molecule has 1 aliphatic carbocycles. The summed E-state index contributed by atoms with van der Waals surface area (Å²) in [5.74, 6) is 0.0980. The van der Waals surface area contributed by atoms with Gasteiger partial charge in [0.05, 0.1) is 15.8 Å². The highest BCUT2D eigenvalue weighted by Crippen LogP contribution is 2.31. The topological polar surface area (TPSA) is 128 Å². The second-order valence-corrected chi connectivity index (χ2v) is 7.93. The molecule has 3 N–H and O–H groups in total. The standard InChI is InChI=1S/C16H20N4O4S/c17-10-11-4-1-2-6-13(11)19-25(23,24)15-8-7-14(20(21)22)12-5-3-9-18-16(12)15/h3,5,7-9,11,13,19H,1-2,4,6,10,17H2. The third kappa shape index (κ3) is 3.48. The lowest BCUT2D eigenvalue weighted by atomic mass is 9.85. The highest BCUT2D eigenvalue weighted by Gasteiger charge is 2.30. The Bertz CT molecular complexity index is 900. The van der Waals surface area contributed by atoms with Gasteiger partial charge in [-0.25, -0.2) is 13.1 Å². The SMILES string of the molecule is NCC1CCCCC1NS(=O)(=O)c1ccc([N+](=O)[O-])c2cccnc12. The summed E-state index contributed by atoms with van der Waals surface area (Å²) in [6, 6.07) is 5.28. The maximum absolute atomic E-state index is 12.9. The maximum atomic E-state index is 12.9. The Hall–Kier alpha value is -2.10. The highest BCUT2D eigenvalue weighted by molar-refractivity contribution is 7.89. The molecule has 134 valence electrons. The van der Waals surface area contributed by atoms with Crippen molar-refractivity contribution in [2.24, 2.45) is 11.7 Å². The van der Waals surface area contributed by atoms with Crippen LogP contribution >= 0.6 is 0 Å². The zero-order valence-electron chi connectivity index (χ0n) is 13.6. The number of nitrogens with two attached hydrogens (primary N) is 1. The molecule has 0 radical (unpaired) electrons. The number of hydrogen-bond acceptors (Lipinski definition) is 6. The Morgan fingerprint density at radius 2 is 2.04 bits per heavy atom. The van der Waals surface area contributed by atoms with E-state index in [-0.39, 0.29) is 33.4 Å². The molecule has 2 atom stereocenters. The van der Waals surface area contributed by atoms with E-state index in [1.807, 2.05) is 0 Å². The van der Waals surface area contributed by atoms with E-state index in [4.69, 9.17) is 5.73 Å². The third-order valence-corrected chi connectivity index (χ3v) is 6.24. The molecule has 0 spiro atoms. The third-order valence-electron chi connectivity index (χ3n) is 4.71.